The van der Waals surface area contributed by atoms with Gasteiger partial charge in [-0.2, -0.15) is 0 Å². The molecule has 0 unspecified atom stereocenters. The first-order valence-electron chi connectivity index (χ1n) is 4.17. The fourth-order valence-corrected chi connectivity index (χ4v) is 1.75. The van der Waals surface area contributed by atoms with Gasteiger partial charge in [-0.3, -0.25) is 13.9 Å². The third-order valence-electron chi connectivity index (χ3n) is 1.84. The number of hydrogen-bond acceptors (Lipinski definition) is 2. The van der Waals surface area contributed by atoms with Crippen molar-refractivity contribution in [3.8, 4) is 0 Å². The minimum Gasteiger partial charge on any atom is -0.300 e. The number of hydrogen-bond donors (Lipinski definition) is 0. The largest absolute Gasteiger partial charge is 0.331 e. The van der Waals surface area contributed by atoms with Crippen molar-refractivity contribution in [3.63, 3.8) is 0 Å². The van der Waals surface area contributed by atoms with Crippen molar-refractivity contribution < 1.29 is 4.39 Å². The Balaban J connectivity index is 3.45. The number of aryl methyl sites for hydroxylation is 1. The summed E-state index contributed by atoms with van der Waals surface area (Å²) in [5.41, 5.74) is -0.867. The molecule has 1 heterocycles. The SMILES string of the molecule is CCn1cc(I)c(=O)n(CCF)c1=O. The normalized spacial score (nSPS) is 10.5. The van der Waals surface area contributed by atoms with Crippen LogP contribution in [0.3, 0.4) is 0 Å². The number of nitrogens with zero attached hydrogens (tertiary/aromatic N) is 2. The summed E-state index contributed by atoms with van der Waals surface area (Å²) >= 11 is 1.84. The third kappa shape index (κ3) is 2.05. The van der Waals surface area contributed by atoms with Crippen molar-refractivity contribution in [1.82, 2.24) is 9.13 Å². The number of rotatable bonds is 3. The lowest BCUT2D eigenvalue weighted by atomic mass is 10.5. The number of alkyl halides is 1. The van der Waals surface area contributed by atoms with Crippen molar-refractivity contribution in [3.05, 3.63) is 30.6 Å². The molecule has 0 aliphatic carbocycles. The second-order valence-electron chi connectivity index (χ2n) is 2.69. The van der Waals surface area contributed by atoms with Gasteiger partial charge in [0.1, 0.15) is 6.67 Å². The fourth-order valence-electron chi connectivity index (χ4n) is 1.13. The summed E-state index contributed by atoms with van der Waals surface area (Å²) in [4.78, 5) is 22.9. The van der Waals surface area contributed by atoms with Crippen LogP contribution in [0, 0.1) is 3.57 Å². The van der Waals surface area contributed by atoms with E-state index < -0.39 is 17.9 Å². The van der Waals surface area contributed by atoms with Crippen LogP contribution in [0.15, 0.2) is 15.8 Å². The molecule has 1 aromatic heterocycles. The Hall–Kier alpha value is -0.660. The second-order valence-corrected chi connectivity index (χ2v) is 3.85. The van der Waals surface area contributed by atoms with Crippen LogP contribution >= 0.6 is 22.6 Å². The highest BCUT2D eigenvalue weighted by Crippen LogP contribution is 1.94. The molecule has 14 heavy (non-hydrogen) atoms. The summed E-state index contributed by atoms with van der Waals surface area (Å²) in [5.74, 6) is 0. The molecule has 4 nitrogen and oxygen atoms in total. The first-order chi connectivity index (χ1) is 6.61. The van der Waals surface area contributed by atoms with E-state index in [0.29, 0.717) is 10.1 Å². The lowest BCUT2D eigenvalue weighted by molar-refractivity contribution is 0.423. The van der Waals surface area contributed by atoms with E-state index in [9.17, 15) is 14.0 Å². The molecule has 6 heteroatoms. The quantitative estimate of drug-likeness (QED) is 0.768. The topological polar surface area (TPSA) is 44.0 Å². The molecule has 0 radical (unpaired) electrons. The number of aromatic nitrogens is 2. The van der Waals surface area contributed by atoms with E-state index in [0.717, 1.165) is 4.57 Å². The zero-order valence-corrected chi connectivity index (χ0v) is 9.82. The lowest BCUT2D eigenvalue weighted by Crippen LogP contribution is -2.41. The summed E-state index contributed by atoms with van der Waals surface area (Å²) in [6.07, 6.45) is 1.49. The van der Waals surface area contributed by atoms with Crippen LogP contribution in [-0.4, -0.2) is 15.8 Å². The molecule has 1 aromatic rings. The van der Waals surface area contributed by atoms with E-state index in [1.807, 2.05) is 22.6 Å². The highest BCUT2D eigenvalue weighted by Gasteiger charge is 2.07. The van der Waals surface area contributed by atoms with Gasteiger partial charge >= 0.3 is 5.69 Å². The Morgan fingerprint density at radius 1 is 1.50 bits per heavy atom. The van der Waals surface area contributed by atoms with Crippen molar-refractivity contribution >= 4 is 22.6 Å². The first-order valence-corrected chi connectivity index (χ1v) is 5.25. The van der Waals surface area contributed by atoms with Crippen LogP contribution in [0.4, 0.5) is 4.39 Å². The van der Waals surface area contributed by atoms with Gasteiger partial charge in [0.05, 0.1) is 10.1 Å². The maximum atomic E-state index is 12.1. The van der Waals surface area contributed by atoms with Gasteiger partial charge in [0.15, 0.2) is 0 Å². The maximum Gasteiger partial charge on any atom is 0.331 e. The van der Waals surface area contributed by atoms with Crippen LogP contribution in [-0.2, 0) is 13.1 Å². The minimum absolute atomic E-state index is 0.172. The lowest BCUT2D eigenvalue weighted by Gasteiger charge is -2.07. The van der Waals surface area contributed by atoms with Gasteiger partial charge in [-0.05, 0) is 29.5 Å². The van der Waals surface area contributed by atoms with Gasteiger partial charge < -0.3 is 0 Å². The monoisotopic (exact) mass is 312 g/mol. The summed E-state index contributed by atoms with van der Waals surface area (Å²) in [6.45, 7) is 1.39. The zero-order chi connectivity index (χ0) is 10.7. The van der Waals surface area contributed by atoms with Crippen molar-refractivity contribution in [2.45, 2.75) is 20.0 Å². The molecule has 0 saturated heterocycles. The molecule has 0 spiro atoms. The summed E-state index contributed by atoms with van der Waals surface area (Å²) in [7, 11) is 0. The standard InChI is InChI=1S/C8H10FIN2O2/c1-2-11-5-6(10)7(13)12(4-3-9)8(11)14/h5H,2-4H2,1H3. The Labute approximate surface area is 93.5 Å². The third-order valence-corrected chi connectivity index (χ3v) is 2.58. The smallest absolute Gasteiger partial charge is 0.300 e. The van der Waals surface area contributed by atoms with E-state index in [4.69, 9.17) is 0 Å². The van der Waals surface area contributed by atoms with Crippen LogP contribution in [0.25, 0.3) is 0 Å². The van der Waals surface area contributed by atoms with E-state index >= 15 is 0 Å². The number of halogens is 2. The van der Waals surface area contributed by atoms with Gasteiger partial charge in [0, 0.05) is 12.7 Å². The summed E-state index contributed by atoms with van der Waals surface area (Å²) < 4.78 is 14.8. The molecule has 0 N–H and O–H groups in total. The molecule has 0 bridgehead atoms. The molecule has 78 valence electrons. The van der Waals surface area contributed by atoms with Gasteiger partial charge in [-0.1, -0.05) is 0 Å². The van der Waals surface area contributed by atoms with Crippen molar-refractivity contribution in [2.24, 2.45) is 0 Å². The Kier molecular flexibility index (Phi) is 3.85. The van der Waals surface area contributed by atoms with Crippen LogP contribution in [0.2, 0.25) is 0 Å². The summed E-state index contributed by atoms with van der Waals surface area (Å²) in [6, 6.07) is 0. The van der Waals surface area contributed by atoms with E-state index in [2.05, 4.69) is 0 Å². The second kappa shape index (κ2) is 4.72. The predicted octanol–water partition coefficient (Wildman–Crippen LogP) is 0.604. The molecular weight excluding hydrogens is 302 g/mol. The first kappa shape index (κ1) is 11.4. The van der Waals surface area contributed by atoms with E-state index in [1.54, 1.807) is 6.92 Å². The summed E-state index contributed by atoms with van der Waals surface area (Å²) in [5, 5.41) is 0. The fraction of sp³-hybridized carbons (Fsp3) is 0.500. The van der Waals surface area contributed by atoms with Gasteiger partial charge in [-0.25, -0.2) is 9.18 Å². The minimum atomic E-state index is -0.709. The molecular formula is C8H10FIN2O2. The van der Waals surface area contributed by atoms with Crippen LogP contribution in [0.1, 0.15) is 6.92 Å². The molecule has 0 aliphatic rings. The van der Waals surface area contributed by atoms with Crippen LogP contribution in [0.5, 0.6) is 0 Å². The average molecular weight is 312 g/mol. The van der Waals surface area contributed by atoms with Gasteiger partial charge in [0.25, 0.3) is 5.56 Å². The highest BCUT2D eigenvalue weighted by atomic mass is 127. The highest BCUT2D eigenvalue weighted by molar-refractivity contribution is 14.1. The molecule has 0 amide bonds. The van der Waals surface area contributed by atoms with E-state index in [1.165, 1.54) is 10.8 Å². The Morgan fingerprint density at radius 2 is 2.14 bits per heavy atom. The van der Waals surface area contributed by atoms with Crippen molar-refractivity contribution in [1.29, 1.82) is 0 Å². The van der Waals surface area contributed by atoms with E-state index in [-0.39, 0.29) is 6.54 Å². The Bertz CT molecular complexity index is 438. The van der Waals surface area contributed by atoms with Gasteiger partial charge in [-0.15, -0.1) is 0 Å². The average Bonchev–Trinajstić information content (AvgIpc) is 2.18. The molecule has 0 aromatic carbocycles. The molecule has 0 saturated carbocycles. The molecule has 1 rings (SSSR count). The van der Waals surface area contributed by atoms with Crippen LogP contribution < -0.4 is 11.2 Å². The maximum absolute atomic E-state index is 12.1. The Morgan fingerprint density at radius 3 is 2.64 bits per heavy atom. The molecule has 0 aliphatic heterocycles. The molecule has 0 atom stereocenters. The molecule has 0 fully saturated rings. The zero-order valence-electron chi connectivity index (χ0n) is 7.67. The van der Waals surface area contributed by atoms with Crippen molar-refractivity contribution in [2.75, 3.05) is 6.67 Å². The predicted molar refractivity (Wildman–Crippen MR) is 59.3 cm³/mol. The van der Waals surface area contributed by atoms with Gasteiger partial charge in [0.2, 0.25) is 0 Å².